The number of carbonyl (C=O) groups excluding carboxylic acids is 1. The fourth-order valence-corrected chi connectivity index (χ4v) is 5.62. The van der Waals surface area contributed by atoms with Crippen LogP contribution in [0.25, 0.3) is 0 Å². The van der Waals surface area contributed by atoms with Gasteiger partial charge in [0.25, 0.3) is 0 Å². The summed E-state index contributed by atoms with van der Waals surface area (Å²) in [5.41, 5.74) is -0.309. The zero-order valence-corrected chi connectivity index (χ0v) is 16.1. The van der Waals surface area contributed by atoms with Gasteiger partial charge in [0, 0.05) is 16.4 Å². The molecule has 0 radical (unpaired) electrons. The summed E-state index contributed by atoms with van der Waals surface area (Å²) >= 11 is 0. The van der Waals surface area contributed by atoms with Gasteiger partial charge in [0.05, 0.1) is 0 Å². The van der Waals surface area contributed by atoms with E-state index in [4.69, 9.17) is 14.2 Å². The van der Waals surface area contributed by atoms with E-state index in [1.165, 1.54) is 19.3 Å². The monoisotopic (exact) mass is 359 g/mol. The van der Waals surface area contributed by atoms with Crippen molar-refractivity contribution >= 4 is 6.09 Å². The molecule has 0 spiro atoms. The van der Waals surface area contributed by atoms with Gasteiger partial charge >= 0.3 is 6.09 Å². The third-order valence-electron chi connectivity index (χ3n) is 7.40. The maximum atomic E-state index is 12.2. The first-order valence-electron chi connectivity index (χ1n) is 10.1. The van der Waals surface area contributed by atoms with Crippen LogP contribution in [-0.4, -0.2) is 27.4 Å². The molecule has 6 nitrogen and oxygen atoms in total. The summed E-state index contributed by atoms with van der Waals surface area (Å²) in [4.78, 5) is 17.1. The second-order valence-electron chi connectivity index (χ2n) is 10.4. The summed E-state index contributed by atoms with van der Waals surface area (Å²) in [6.45, 7) is 5.70. The van der Waals surface area contributed by atoms with Crippen molar-refractivity contribution in [2.24, 2.45) is 5.92 Å². The molecule has 142 valence electrons. The Morgan fingerprint density at radius 3 is 2.19 bits per heavy atom. The van der Waals surface area contributed by atoms with Crippen LogP contribution >= 0.6 is 0 Å². The first-order valence-corrected chi connectivity index (χ1v) is 10.1. The van der Waals surface area contributed by atoms with Crippen LogP contribution < -0.4 is 5.32 Å². The molecule has 0 aliphatic heterocycles. The predicted octanol–water partition coefficient (Wildman–Crippen LogP) is 3.99. The normalized spacial score (nSPS) is 40.5. The highest BCUT2D eigenvalue weighted by Crippen LogP contribution is 2.64. The maximum absolute atomic E-state index is 12.2. The Bertz CT molecular complexity index is 706. The second kappa shape index (κ2) is 5.02. The Morgan fingerprint density at radius 1 is 1.08 bits per heavy atom. The molecule has 1 aromatic heterocycles. The van der Waals surface area contributed by atoms with Crippen LogP contribution in [0.5, 0.6) is 0 Å². The molecule has 6 aliphatic rings. The van der Waals surface area contributed by atoms with E-state index >= 15 is 0 Å². The molecule has 0 unspecified atom stereocenters. The topological polar surface area (TPSA) is 77.2 Å². The van der Waals surface area contributed by atoms with E-state index in [2.05, 4.69) is 10.5 Å². The van der Waals surface area contributed by atoms with E-state index in [1.807, 2.05) is 20.8 Å². The minimum Gasteiger partial charge on any atom is -0.444 e. The maximum Gasteiger partial charge on any atom is 0.408 e. The van der Waals surface area contributed by atoms with E-state index in [0.717, 1.165) is 56.2 Å². The smallest absolute Gasteiger partial charge is 0.408 e. The molecular formula is C20H29N3O3. The van der Waals surface area contributed by atoms with Gasteiger partial charge in [-0.25, -0.2) is 4.79 Å². The lowest BCUT2D eigenvalue weighted by Gasteiger charge is -2.59. The standard InChI is InChI=1S/C20H29N3O3/c1-17(2,3)25-16(24)22-20-7-4-18(5-8-20,6-9-20)15-21-14(23-26-15)19-10-13(11-19)12-19/h13H,4-12H2,1-3H3,(H,22,24). The lowest BCUT2D eigenvalue weighted by atomic mass is 9.44. The Hall–Kier alpha value is -1.59. The Morgan fingerprint density at radius 2 is 1.69 bits per heavy atom. The van der Waals surface area contributed by atoms with Gasteiger partial charge in [0.1, 0.15) is 5.60 Å². The fourth-order valence-electron chi connectivity index (χ4n) is 5.62. The molecule has 7 rings (SSSR count). The number of carbonyl (C=O) groups is 1. The highest BCUT2D eigenvalue weighted by atomic mass is 16.6. The number of nitrogens with one attached hydrogen (secondary N) is 1. The summed E-state index contributed by atoms with van der Waals surface area (Å²) in [6.07, 6.45) is 9.33. The van der Waals surface area contributed by atoms with Crippen LogP contribution in [0.15, 0.2) is 4.52 Å². The molecule has 6 fully saturated rings. The third kappa shape index (κ3) is 2.40. The molecule has 6 heteroatoms. The van der Waals surface area contributed by atoms with Crippen LogP contribution in [-0.2, 0) is 15.6 Å². The van der Waals surface area contributed by atoms with Gasteiger partial charge in [0.2, 0.25) is 5.89 Å². The van der Waals surface area contributed by atoms with E-state index in [1.54, 1.807) is 0 Å². The number of hydrogen-bond donors (Lipinski definition) is 1. The van der Waals surface area contributed by atoms with E-state index in [0.29, 0.717) is 0 Å². The number of aromatic nitrogens is 2. The largest absolute Gasteiger partial charge is 0.444 e. The molecule has 4 bridgehead atoms. The number of rotatable bonds is 3. The quantitative estimate of drug-likeness (QED) is 0.883. The molecule has 6 saturated carbocycles. The molecular weight excluding hydrogens is 330 g/mol. The van der Waals surface area contributed by atoms with Crippen LogP contribution in [0.1, 0.15) is 90.3 Å². The van der Waals surface area contributed by atoms with Crippen molar-refractivity contribution in [1.82, 2.24) is 15.5 Å². The van der Waals surface area contributed by atoms with Crippen molar-refractivity contribution in [2.75, 3.05) is 0 Å². The molecule has 0 aromatic carbocycles. The summed E-state index contributed by atoms with van der Waals surface area (Å²) in [7, 11) is 0. The Labute approximate surface area is 154 Å². The van der Waals surface area contributed by atoms with Gasteiger partial charge in [-0.05, 0) is 84.5 Å². The summed E-state index contributed by atoms with van der Waals surface area (Å²) in [6, 6.07) is 0. The SMILES string of the molecule is CC(C)(C)OC(=O)NC12CCC(c3nc(C45CC(C4)C5)no3)(CC1)CC2. The van der Waals surface area contributed by atoms with Gasteiger partial charge in [-0.2, -0.15) is 4.98 Å². The Balaban J connectivity index is 1.27. The number of fused-ring (bicyclic) bond motifs is 3. The van der Waals surface area contributed by atoms with Gasteiger partial charge < -0.3 is 14.6 Å². The fraction of sp³-hybridized carbons (Fsp3) is 0.850. The van der Waals surface area contributed by atoms with Crippen molar-refractivity contribution in [3.8, 4) is 0 Å². The van der Waals surface area contributed by atoms with E-state index < -0.39 is 5.60 Å². The molecule has 1 aromatic rings. The average Bonchev–Trinajstić information content (AvgIpc) is 2.94. The minimum atomic E-state index is -0.463. The van der Waals surface area contributed by atoms with Gasteiger partial charge in [-0.3, -0.25) is 0 Å². The Kier molecular flexibility index (Phi) is 3.20. The summed E-state index contributed by atoms with van der Waals surface area (Å²) < 4.78 is 11.2. The first-order chi connectivity index (χ1) is 12.2. The van der Waals surface area contributed by atoms with E-state index in [9.17, 15) is 4.79 Å². The molecule has 1 N–H and O–H groups in total. The van der Waals surface area contributed by atoms with E-state index in [-0.39, 0.29) is 22.5 Å². The van der Waals surface area contributed by atoms with Crippen LogP contribution in [0.3, 0.4) is 0 Å². The van der Waals surface area contributed by atoms with Crippen molar-refractivity contribution in [2.45, 2.75) is 101 Å². The van der Waals surface area contributed by atoms with Crippen molar-refractivity contribution in [3.05, 3.63) is 11.7 Å². The zero-order valence-electron chi connectivity index (χ0n) is 16.1. The van der Waals surface area contributed by atoms with Gasteiger partial charge in [0.15, 0.2) is 5.82 Å². The van der Waals surface area contributed by atoms with Gasteiger partial charge in [-0.1, -0.05) is 5.16 Å². The first kappa shape index (κ1) is 16.6. The molecule has 0 saturated heterocycles. The second-order valence-corrected chi connectivity index (χ2v) is 10.4. The summed E-state index contributed by atoms with van der Waals surface area (Å²) in [5.74, 6) is 2.72. The number of ether oxygens (including phenoxy) is 1. The number of alkyl carbamates (subject to hydrolysis) is 1. The molecule has 1 amide bonds. The highest BCUT2D eigenvalue weighted by molar-refractivity contribution is 5.69. The minimum absolute atomic E-state index is 0.0200. The average molecular weight is 359 g/mol. The molecule has 26 heavy (non-hydrogen) atoms. The predicted molar refractivity (Wildman–Crippen MR) is 94.8 cm³/mol. The van der Waals surface area contributed by atoms with Crippen molar-refractivity contribution in [1.29, 1.82) is 0 Å². The van der Waals surface area contributed by atoms with Gasteiger partial charge in [-0.15, -0.1) is 0 Å². The third-order valence-corrected chi connectivity index (χ3v) is 7.40. The summed E-state index contributed by atoms with van der Waals surface area (Å²) in [5, 5.41) is 7.54. The highest BCUT2D eigenvalue weighted by Gasteiger charge is 2.61. The van der Waals surface area contributed by atoms with Crippen LogP contribution in [0, 0.1) is 5.92 Å². The molecule has 1 heterocycles. The van der Waals surface area contributed by atoms with Crippen molar-refractivity contribution < 1.29 is 14.1 Å². The number of hydrogen-bond acceptors (Lipinski definition) is 5. The lowest BCUT2D eigenvalue weighted by molar-refractivity contribution is -0.0360. The zero-order chi connectivity index (χ0) is 18.2. The lowest BCUT2D eigenvalue weighted by Crippen LogP contribution is -2.58. The van der Waals surface area contributed by atoms with Crippen molar-refractivity contribution in [3.63, 3.8) is 0 Å². The number of amides is 1. The number of nitrogens with zero attached hydrogens (tertiary/aromatic N) is 2. The molecule has 0 atom stereocenters. The van der Waals surface area contributed by atoms with Crippen LogP contribution in [0.4, 0.5) is 4.79 Å². The molecule has 6 aliphatic carbocycles. The van der Waals surface area contributed by atoms with Crippen LogP contribution in [0.2, 0.25) is 0 Å².